The fourth-order valence-electron chi connectivity index (χ4n) is 1.48. The van der Waals surface area contributed by atoms with E-state index in [1.807, 2.05) is 6.07 Å². The molecule has 7 nitrogen and oxygen atoms in total. The summed E-state index contributed by atoms with van der Waals surface area (Å²) in [6.45, 7) is 0. The van der Waals surface area contributed by atoms with Crippen LogP contribution in [0.25, 0.3) is 22.1 Å². The number of nitrogens with two attached hydrogens (primary N) is 1. The van der Waals surface area contributed by atoms with Gasteiger partial charge in [0.25, 0.3) is 6.01 Å². The summed E-state index contributed by atoms with van der Waals surface area (Å²) in [5, 5.41) is 19.1. The summed E-state index contributed by atoms with van der Waals surface area (Å²) in [7, 11) is 0. The van der Waals surface area contributed by atoms with Crippen molar-refractivity contribution >= 4 is 28.1 Å². The van der Waals surface area contributed by atoms with E-state index >= 15 is 0 Å². The van der Waals surface area contributed by atoms with Crippen molar-refractivity contribution in [3.05, 3.63) is 11.6 Å². The number of aromatic amines is 1. The zero-order valence-electron chi connectivity index (χ0n) is 7.35. The molecular formula is C8H4N6O. The predicted octanol–water partition coefficient (Wildman–Crippen LogP) is 0.553. The number of nitriles is 1. The van der Waals surface area contributed by atoms with Gasteiger partial charge in [0, 0.05) is 0 Å². The smallest absolute Gasteiger partial charge is 0.293 e. The van der Waals surface area contributed by atoms with E-state index in [0.717, 1.165) is 0 Å². The number of H-pyrrole nitrogens is 1. The third-order valence-electron chi connectivity index (χ3n) is 2.09. The van der Waals surface area contributed by atoms with Gasteiger partial charge in [-0.3, -0.25) is 0 Å². The predicted molar refractivity (Wildman–Crippen MR) is 50.6 cm³/mol. The molecule has 3 rings (SSSR count). The zero-order chi connectivity index (χ0) is 10.4. The van der Waals surface area contributed by atoms with Crippen LogP contribution in [0.2, 0.25) is 0 Å². The minimum absolute atomic E-state index is 0.0457. The second-order valence-electron chi connectivity index (χ2n) is 2.96. The van der Waals surface area contributed by atoms with E-state index < -0.39 is 0 Å². The Morgan fingerprint density at radius 3 is 3.00 bits per heavy atom. The number of hydrogen-bond donors (Lipinski definition) is 2. The molecule has 72 valence electrons. The van der Waals surface area contributed by atoms with E-state index in [0.29, 0.717) is 27.7 Å². The van der Waals surface area contributed by atoms with E-state index in [1.165, 1.54) is 0 Å². The van der Waals surface area contributed by atoms with Crippen molar-refractivity contribution in [2.24, 2.45) is 0 Å². The Morgan fingerprint density at radius 1 is 1.40 bits per heavy atom. The maximum atomic E-state index is 8.90. The van der Waals surface area contributed by atoms with Crippen LogP contribution in [-0.2, 0) is 0 Å². The topological polar surface area (TPSA) is 117 Å². The van der Waals surface area contributed by atoms with Crippen molar-refractivity contribution < 1.29 is 4.42 Å². The van der Waals surface area contributed by atoms with Gasteiger partial charge in [0.1, 0.15) is 17.1 Å². The lowest BCUT2D eigenvalue weighted by Gasteiger charge is -1.89. The van der Waals surface area contributed by atoms with Crippen LogP contribution in [0.15, 0.2) is 10.5 Å². The Kier molecular flexibility index (Phi) is 1.27. The largest absolute Gasteiger partial charge is 0.421 e. The molecule has 1 aromatic carbocycles. The van der Waals surface area contributed by atoms with Crippen LogP contribution in [0, 0.1) is 11.3 Å². The van der Waals surface area contributed by atoms with E-state index in [4.69, 9.17) is 15.4 Å². The average Bonchev–Trinajstić information content (AvgIpc) is 2.80. The average molecular weight is 200 g/mol. The Hall–Kier alpha value is -2.62. The van der Waals surface area contributed by atoms with Crippen LogP contribution in [-0.4, -0.2) is 20.4 Å². The lowest BCUT2D eigenvalue weighted by atomic mass is 10.2. The van der Waals surface area contributed by atoms with Gasteiger partial charge in [-0.1, -0.05) is 0 Å². The number of oxazole rings is 1. The molecule has 0 bridgehead atoms. The minimum atomic E-state index is 0.0457. The molecule has 0 spiro atoms. The first kappa shape index (κ1) is 7.75. The van der Waals surface area contributed by atoms with Gasteiger partial charge >= 0.3 is 0 Å². The van der Waals surface area contributed by atoms with Gasteiger partial charge < -0.3 is 10.2 Å². The quantitative estimate of drug-likeness (QED) is 0.547. The van der Waals surface area contributed by atoms with E-state index in [-0.39, 0.29) is 6.01 Å². The van der Waals surface area contributed by atoms with Crippen molar-refractivity contribution in [2.45, 2.75) is 0 Å². The standard InChI is InChI=1S/C8H4N6O/c9-2-3-1-4-7(15-8(10)11-4)6-5(3)12-14-13-6/h1H,(H2,10,11)(H,12,13,14). The molecule has 0 amide bonds. The number of fused-ring (bicyclic) bond motifs is 3. The summed E-state index contributed by atoms with van der Waals surface area (Å²) in [6, 6.07) is 3.63. The van der Waals surface area contributed by atoms with Crippen molar-refractivity contribution in [3.63, 3.8) is 0 Å². The monoisotopic (exact) mass is 200 g/mol. The summed E-state index contributed by atoms with van der Waals surface area (Å²) in [6.07, 6.45) is 0. The zero-order valence-corrected chi connectivity index (χ0v) is 7.35. The highest BCUT2D eigenvalue weighted by atomic mass is 16.4. The van der Waals surface area contributed by atoms with E-state index in [2.05, 4.69) is 20.4 Å². The highest BCUT2D eigenvalue weighted by molar-refractivity contribution is 6.01. The number of benzene rings is 1. The van der Waals surface area contributed by atoms with Gasteiger partial charge in [0.15, 0.2) is 11.1 Å². The first-order valence-corrected chi connectivity index (χ1v) is 4.09. The molecule has 0 aliphatic heterocycles. The van der Waals surface area contributed by atoms with E-state index in [9.17, 15) is 0 Å². The SMILES string of the molecule is N#Cc1cc2nc(N)oc2c2n[nH]nc12. The number of hydrogen-bond acceptors (Lipinski definition) is 6. The maximum Gasteiger partial charge on any atom is 0.293 e. The molecule has 15 heavy (non-hydrogen) atoms. The molecule has 0 atom stereocenters. The van der Waals surface area contributed by atoms with Crippen LogP contribution >= 0.6 is 0 Å². The van der Waals surface area contributed by atoms with Crippen LogP contribution in [0.4, 0.5) is 6.01 Å². The molecule has 7 heteroatoms. The molecule has 0 saturated carbocycles. The van der Waals surface area contributed by atoms with Crippen molar-refractivity contribution in [1.29, 1.82) is 5.26 Å². The molecule has 0 unspecified atom stereocenters. The second-order valence-corrected chi connectivity index (χ2v) is 2.96. The van der Waals surface area contributed by atoms with Crippen molar-refractivity contribution in [3.8, 4) is 6.07 Å². The Bertz CT molecular complexity index is 703. The second kappa shape index (κ2) is 2.45. The molecular weight excluding hydrogens is 196 g/mol. The van der Waals surface area contributed by atoms with E-state index in [1.54, 1.807) is 6.07 Å². The van der Waals surface area contributed by atoms with Gasteiger partial charge in [-0.25, -0.2) is 0 Å². The Labute approximate surface area is 82.5 Å². The highest BCUT2D eigenvalue weighted by Gasteiger charge is 2.14. The van der Waals surface area contributed by atoms with Gasteiger partial charge in [-0.15, -0.1) is 0 Å². The number of rotatable bonds is 0. The third kappa shape index (κ3) is 0.899. The molecule has 3 N–H and O–H groups in total. The van der Waals surface area contributed by atoms with Crippen LogP contribution < -0.4 is 5.73 Å². The Balaban J connectivity index is 2.63. The molecule has 2 heterocycles. The molecule has 0 aliphatic rings. The number of aromatic nitrogens is 4. The lowest BCUT2D eigenvalue weighted by Crippen LogP contribution is -1.81. The first-order chi connectivity index (χ1) is 7.29. The minimum Gasteiger partial charge on any atom is -0.421 e. The molecule has 3 aromatic rings. The highest BCUT2D eigenvalue weighted by Crippen LogP contribution is 2.26. The fourth-order valence-corrected chi connectivity index (χ4v) is 1.48. The number of nitrogens with one attached hydrogen (secondary N) is 1. The normalized spacial score (nSPS) is 10.9. The summed E-state index contributed by atoms with van der Waals surface area (Å²) in [5.41, 5.74) is 7.68. The summed E-state index contributed by atoms with van der Waals surface area (Å²) < 4.78 is 5.17. The molecule has 0 saturated heterocycles. The van der Waals surface area contributed by atoms with Gasteiger partial charge in [-0.2, -0.15) is 25.7 Å². The molecule has 0 radical (unpaired) electrons. The van der Waals surface area contributed by atoms with Crippen molar-refractivity contribution in [1.82, 2.24) is 20.4 Å². The molecule has 2 aromatic heterocycles. The first-order valence-electron chi connectivity index (χ1n) is 4.09. The number of nitrogens with zero attached hydrogens (tertiary/aromatic N) is 4. The summed E-state index contributed by atoms with van der Waals surface area (Å²) >= 11 is 0. The summed E-state index contributed by atoms with van der Waals surface area (Å²) in [5.74, 6) is 0. The lowest BCUT2D eigenvalue weighted by molar-refractivity contribution is 0.628. The van der Waals surface area contributed by atoms with Crippen LogP contribution in [0.3, 0.4) is 0 Å². The van der Waals surface area contributed by atoms with Gasteiger partial charge in [0.05, 0.1) is 5.56 Å². The summed E-state index contributed by atoms with van der Waals surface area (Å²) in [4.78, 5) is 3.93. The van der Waals surface area contributed by atoms with Gasteiger partial charge in [0.2, 0.25) is 0 Å². The van der Waals surface area contributed by atoms with Crippen molar-refractivity contribution in [2.75, 3.05) is 5.73 Å². The third-order valence-corrected chi connectivity index (χ3v) is 2.09. The molecule has 0 fully saturated rings. The van der Waals surface area contributed by atoms with Crippen LogP contribution in [0.1, 0.15) is 5.56 Å². The number of anilines is 1. The maximum absolute atomic E-state index is 8.90. The number of nitrogen functional groups attached to an aromatic ring is 1. The van der Waals surface area contributed by atoms with Gasteiger partial charge in [-0.05, 0) is 6.07 Å². The fraction of sp³-hybridized carbons (Fsp3) is 0. The molecule has 0 aliphatic carbocycles. The van der Waals surface area contributed by atoms with Crippen LogP contribution in [0.5, 0.6) is 0 Å². The Morgan fingerprint density at radius 2 is 2.20 bits per heavy atom.